The highest BCUT2D eigenvalue weighted by atomic mass is 16.5. The van der Waals surface area contributed by atoms with Gasteiger partial charge in [-0.2, -0.15) is 15.0 Å². The van der Waals surface area contributed by atoms with Gasteiger partial charge in [-0.25, -0.2) is 10.8 Å². The molecule has 19 heavy (non-hydrogen) atoms. The van der Waals surface area contributed by atoms with Crippen molar-refractivity contribution in [2.75, 3.05) is 17.9 Å². The predicted octanol–water partition coefficient (Wildman–Crippen LogP) is 0.635. The highest BCUT2D eigenvalue weighted by Crippen LogP contribution is 2.18. The number of methoxy groups -OCH3 is 1. The SMILES string of the molecule is COc1nc(NN)nc(NC(C)c2ncc(C)o2)n1. The highest BCUT2D eigenvalue weighted by Gasteiger charge is 2.14. The number of anilines is 2. The van der Waals surface area contributed by atoms with Crippen LogP contribution in [0, 0.1) is 6.92 Å². The molecule has 0 radical (unpaired) electrons. The molecule has 9 nitrogen and oxygen atoms in total. The van der Waals surface area contributed by atoms with Gasteiger partial charge in [0.1, 0.15) is 11.8 Å². The van der Waals surface area contributed by atoms with Crippen LogP contribution in [0.25, 0.3) is 0 Å². The molecule has 4 N–H and O–H groups in total. The lowest BCUT2D eigenvalue weighted by Crippen LogP contribution is -2.15. The number of aromatic nitrogens is 4. The highest BCUT2D eigenvalue weighted by molar-refractivity contribution is 5.36. The zero-order valence-electron chi connectivity index (χ0n) is 10.8. The average molecular weight is 265 g/mol. The first-order chi connectivity index (χ1) is 9.12. The van der Waals surface area contributed by atoms with Crippen LogP contribution < -0.4 is 21.3 Å². The maximum absolute atomic E-state index is 5.41. The van der Waals surface area contributed by atoms with Crippen molar-refractivity contribution >= 4 is 11.9 Å². The Bertz CT molecular complexity index is 534. The number of ether oxygens (including phenoxy) is 1. The standard InChI is InChI=1S/C10H15N7O2/c1-5-4-12-7(19-5)6(2)13-8-14-9(17-11)16-10(15-8)18-3/h4,6H,11H2,1-3H3,(H2,13,14,15,16,17). The quantitative estimate of drug-likeness (QED) is 0.527. The van der Waals surface area contributed by atoms with Crippen LogP contribution in [0.1, 0.15) is 24.6 Å². The van der Waals surface area contributed by atoms with E-state index in [1.807, 2.05) is 13.8 Å². The molecule has 0 aliphatic rings. The Balaban J connectivity index is 2.18. The molecular weight excluding hydrogens is 250 g/mol. The number of nitrogens with zero attached hydrogens (tertiary/aromatic N) is 4. The Morgan fingerprint density at radius 3 is 2.63 bits per heavy atom. The predicted molar refractivity (Wildman–Crippen MR) is 67.5 cm³/mol. The van der Waals surface area contributed by atoms with E-state index in [4.69, 9.17) is 15.0 Å². The van der Waals surface area contributed by atoms with Gasteiger partial charge >= 0.3 is 6.01 Å². The van der Waals surface area contributed by atoms with E-state index in [1.54, 1.807) is 6.20 Å². The zero-order chi connectivity index (χ0) is 13.8. The summed E-state index contributed by atoms with van der Waals surface area (Å²) in [5, 5.41) is 3.03. The number of nitrogens with two attached hydrogens (primary N) is 1. The number of nitrogen functional groups attached to an aromatic ring is 1. The van der Waals surface area contributed by atoms with Crippen LogP contribution in [0.15, 0.2) is 10.6 Å². The first-order valence-electron chi connectivity index (χ1n) is 5.58. The van der Waals surface area contributed by atoms with Gasteiger partial charge in [-0.05, 0) is 13.8 Å². The first kappa shape index (κ1) is 13.0. The average Bonchev–Trinajstić information content (AvgIpc) is 2.85. The van der Waals surface area contributed by atoms with Gasteiger partial charge < -0.3 is 14.5 Å². The summed E-state index contributed by atoms with van der Waals surface area (Å²) >= 11 is 0. The van der Waals surface area contributed by atoms with Crippen molar-refractivity contribution in [2.45, 2.75) is 19.9 Å². The summed E-state index contributed by atoms with van der Waals surface area (Å²) < 4.78 is 10.4. The fourth-order valence-corrected chi connectivity index (χ4v) is 1.40. The van der Waals surface area contributed by atoms with E-state index in [-0.39, 0.29) is 18.0 Å². The lowest BCUT2D eigenvalue weighted by molar-refractivity contribution is 0.379. The van der Waals surface area contributed by atoms with Crippen molar-refractivity contribution < 1.29 is 9.15 Å². The van der Waals surface area contributed by atoms with Crippen molar-refractivity contribution in [3.8, 4) is 6.01 Å². The number of aryl methyl sites for hydroxylation is 1. The molecule has 2 heterocycles. The molecular formula is C10H15N7O2. The molecule has 9 heteroatoms. The van der Waals surface area contributed by atoms with Gasteiger partial charge in [0.25, 0.3) is 0 Å². The summed E-state index contributed by atoms with van der Waals surface area (Å²) in [4.78, 5) is 16.1. The second-order valence-electron chi connectivity index (χ2n) is 3.79. The van der Waals surface area contributed by atoms with Crippen molar-refractivity contribution in [3.05, 3.63) is 17.8 Å². The van der Waals surface area contributed by atoms with Gasteiger partial charge in [0.15, 0.2) is 0 Å². The largest absolute Gasteiger partial charge is 0.467 e. The number of hydrazine groups is 1. The minimum atomic E-state index is -0.202. The zero-order valence-corrected chi connectivity index (χ0v) is 10.8. The van der Waals surface area contributed by atoms with Gasteiger partial charge in [0.05, 0.1) is 13.3 Å². The van der Waals surface area contributed by atoms with Crippen LogP contribution in [0.2, 0.25) is 0 Å². The monoisotopic (exact) mass is 265 g/mol. The molecule has 0 aliphatic carbocycles. The summed E-state index contributed by atoms with van der Waals surface area (Å²) in [6.45, 7) is 3.70. The number of rotatable bonds is 5. The van der Waals surface area contributed by atoms with Gasteiger partial charge in [-0.3, -0.25) is 5.43 Å². The van der Waals surface area contributed by atoms with Crippen molar-refractivity contribution in [1.29, 1.82) is 0 Å². The molecule has 0 fully saturated rings. The van der Waals surface area contributed by atoms with Crippen LogP contribution in [0.4, 0.5) is 11.9 Å². The second-order valence-corrected chi connectivity index (χ2v) is 3.79. The van der Waals surface area contributed by atoms with E-state index in [0.29, 0.717) is 11.8 Å². The van der Waals surface area contributed by atoms with E-state index >= 15 is 0 Å². The van der Waals surface area contributed by atoms with E-state index in [1.165, 1.54) is 7.11 Å². The van der Waals surface area contributed by atoms with Gasteiger partial charge in [0.2, 0.25) is 17.8 Å². The Morgan fingerprint density at radius 2 is 2.05 bits per heavy atom. The maximum atomic E-state index is 5.41. The van der Waals surface area contributed by atoms with Crippen LogP contribution in [0.5, 0.6) is 6.01 Å². The van der Waals surface area contributed by atoms with Crippen molar-refractivity contribution in [3.63, 3.8) is 0 Å². The fourth-order valence-electron chi connectivity index (χ4n) is 1.40. The van der Waals surface area contributed by atoms with E-state index in [2.05, 4.69) is 30.7 Å². The molecule has 102 valence electrons. The summed E-state index contributed by atoms with van der Waals surface area (Å²) in [5.74, 6) is 7.06. The Kier molecular flexibility index (Phi) is 3.76. The minimum Gasteiger partial charge on any atom is -0.467 e. The number of nitrogens with one attached hydrogen (secondary N) is 2. The Morgan fingerprint density at radius 1 is 1.32 bits per heavy atom. The van der Waals surface area contributed by atoms with Gasteiger partial charge in [0, 0.05) is 0 Å². The Hall–Kier alpha value is -2.42. The van der Waals surface area contributed by atoms with Crippen LogP contribution >= 0.6 is 0 Å². The fraction of sp³-hybridized carbons (Fsp3) is 0.400. The third kappa shape index (κ3) is 3.07. The van der Waals surface area contributed by atoms with Crippen LogP contribution in [-0.2, 0) is 0 Å². The smallest absolute Gasteiger partial charge is 0.322 e. The molecule has 0 spiro atoms. The molecule has 2 aromatic rings. The van der Waals surface area contributed by atoms with Crippen molar-refractivity contribution in [2.24, 2.45) is 5.84 Å². The molecule has 0 aliphatic heterocycles. The lowest BCUT2D eigenvalue weighted by atomic mass is 10.3. The summed E-state index contributed by atoms with van der Waals surface area (Å²) in [6.07, 6.45) is 1.65. The molecule has 0 bridgehead atoms. The third-order valence-electron chi connectivity index (χ3n) is 2.28. The third-order valence-corrected chi connectivity index (χ3v) is 2.28. The van der Waals surface area contributed by atoms with Gasteiger partial charge in [-0.1, -0.05) is 0 Å². The number of hydrogen-bond donors (Lipinski definition) is 3. The van der Waals surface area contributed by atoms with Gasteiger partial charge in [-0.15, -0.1) is 0 Å². The molecule has 2 rings (SSSR count). The molecule has 0 amide bonds. The second kappa shape index (κ2) is 5.48. The minimum absolute atomic E-state index is 0.154. The Labute approximate surface area is 109 Å². The van der Waals surface area contributed by atoms with Crippen molar-refractivity contribution in [1.82, 2.24) is 19.9 Å². The molecule has 1 atom stereocenters. The van der Waals surface area contributed by atoms with E-state index < -0.39 is 0 Å². The molecule has 0 aromatic carbocycles. The first-order valence-corrected chi connectivity index (χ1v) is 5.58. The summed E-state index contributed by atoms with van der Waals surface area (Å²) in [7, 11) is 1.46. The molecule has 0 saturated heterocycles. The van der Waals surface area contributed by atoms with E-state index in [9.17, 15) is 0 Å². The number of oxazole rings is 1. The normalized spacial score (nSPS) is 12.0. The summed E-state index contributed by atoms with van der Waals surface area (Å²) in [5.41, 5.74) is 2.34. The van der Waals surface area contributed by atoms with E-state index in [0.717, 1.165) is 5.76 Å². The summed E-state index contributed by atoms with van der Waals surface area (Å²) in [6, 6.07) is -0.0485. The molecule has 1 unspecified atom stereocenters. The van der Waals surface area contributed by atoms with Crippen LogP contribution in [0.3, 0.4) is 0 Å². The van der Waals surface area contributed by atoms with Crippen LogP contribution in [-0.4, -0.2) is 27.0 Å². The molecule has 2 aromatic heterocycles. The maximum Gasteiger partial charge on any atom is 0.322 e. The topological polar surface area (TPSA) is 124 Å². The number of hydrogen-bond acceptors (Lipinski definition) is 9. The molecule has 0 saturated carbocycles. The lowest BCUT2D eigenvalue weighted by Gasteiger charge is -2.11.